The number of nitrogens with one attached hydrogen (secondary N) is 1. The molecule has 0 saturated carbocycles. The van der Waals surface area contributed by atoms with Gasteiger partial charge >= 0.3 is 6.18 Å². The number of benzene rings is 1. The molecule has 1 aromatic carbocycles. The summed E-state index contributed by atoms with van der Waals surface area (Å²) in [6.45, 7) is 0. The van der Waals surface area contributed by atoms with Crippen molar-refractivity contribution in [3.63, 3.8) is 0 Å². The average Bonchev–Trinajstić information content (AvgIpc) is 2.52. The van der Waals surface area contributed by atoms with Crippen LogP contribution in [0.5, 0.6) is 0 Å². The molecule has 1 aromatic heterocycles. The maximum Gasteiger partial charge on any atom is 0.417 e. The average molecular weight is 376 g/mol. The number of rotatable bonds is 2. The predicted octanol–water partition coefficient (Wildman–Crippen LogP) is 5.20. The second-order valence-electron chi connectivity index (χ2n) is 4.96. The van der Waals surface area contributed by atoms with Crippen LogP contribution in [0.2, 0.25) is 5.02 Å². The van der Waals surface area contributed by atoms with E-state index in [0.29, 0.717) is 23.9 Å². The first kappa shape index (κ1) is 17.0. The van der Waals surface area contributed by atoms with E-state index in [4.69, 9.17) is 11.6 Å². The Hall–Kier alpha value is -1.80. The topological polar surface area (TPSA) is 37.3 Å². The minimum Gasteiger partial charge on any atom is -0.260 e. The molecule has 0 radical (unpaired) electrons. The summed E-state index contributed by atoms with van der Waals surface area (Å²) in [7, 11) is 0. The molecule has 0 aliphatic carbocycles. The maximum absolute atomic E-state index is 13.4. The first-order valence-corrected chi connectivity index (χ1v) is 8.19. The third-order valence-corrected chi connectivity index (χ3v) is 4.68. The number of hydrogen-bond acceptors (Lipinski definition) is 4. The lowest BCUT2D eigenvalue weighted by atomic mass is 10.1. The first-order chi connectivity index (χ1) is 11.3. The van der Waals surface area contributed by atoms with E-state index < -0.39 is 11.7 Å². The van der Waals surface area contributed by atoms with Crippen LogP contribution in [0.3, 0.4) is 0 Å². The first-order valence-electron chi connectivity index (χ1n) is 6.82. The fourth-order valence-electron chi connectivity index (χ4n) is 2.16. The Labute approximate surface area is 144 Å². The third-order valence-electron chi connectivity index (χ3n) is 3.31. The van der Waals surface area contributed by atoms with E-state index >= 15 is 0 Å². The second kappa shape index (κ2) is 6.60. The Morgan fingerprint density at radius 2 is 2.04 bits per heavy atom. The zero-order valence-electron chi connectivity index (χ0n) is 12.0. The van der Waals surface area contributed by atoms with Gasteiger partial charge in [-0.1, -0.05) is 11.6 Å². The monoisotopic (exact) mass is 375 g/mol. The quantitative estimate of drug-likeness (QED) is 0.578. The zero-order chi connectivity index (χ0) is 17.3. The highest BCUT2D eigenvalue weighted by molar-refractivity contribution is 7.99. The Morgan fingerprint density at radius 1 is 1.25 bits per heavy atom. The van der Waals surface area contributed by atoms with Gasteiger partial charge in [0.25, 0.3) is 0 Å². The van der Waals surface area contributed by atoms with E-state index in [1.165, 1.54) is 12.1 Å². The largest absolute Gasteiger partial charge is 0.417 e. The normalized spacial score (nSPS) is 16.1. The van der Waals surface area contributed by atoms with Gasteiger partial charge in [0.2, 0.25) is 0 Å². The van der Waals surface area contributed by atoms with Crippen molar-refractivity contribution < 1.29 is 17.6 Å². The molecule has 1 N–H and O–H groups in total. The molecular formula is C15H10ClF4N3S. The SMILES string of the molecule is Fc1ccc2c(c1)/C(=N/Nc1ncc(C(F)(F)F)cc1Cl)CCS2. The molecule has 3 rings (SSSR count). The Kier molecular flexibility index (Phi) is 4.69. The van der Waals surface area contributed by atoms with E-state index in [9.17, 15) is 17.6 Å². The summed E-state index contributed by atoms with van der Waals surface area (Å²) < 4.78 is 51.2. The number of aromatic nitrogens is 1. The number of halogens is 5. The summed E-state index contributed by atoms with van der Waals surface area (Å²) in [5.74, 6) is 0.399. The van der Waals surface area contributed by atoms with Gasteiger partial charge in [0.1, 0.15) is 5.82 Å². The molecule has 0 atom stereocenters. The Morgan fingerprint density at radius 3 is 2.75 bits per heavy atom. The lowest BCUT2D eigenvalue weighted by Crippen LogP contribution is -2.13. The van der Waals surface area contributed by atoms with Gasteiger partial charge in [-0.15, -0.1) is 11.8 Å². The van der Waals surface area contributed by atoms with Gasteiger partial charge in [-0.25, -0.2) is 9.37 Å². The summed E-state index contributed by atoms with van der Waals surface area (Å²) in [6, 6.07) is 5.20. The van der Waals surface area contributed by atoms with Crippen LogP contribution in [0.15, 0.2) is 40.5 Å². The van der Waals surface area contributed by atoms with Crippen molar-refractivity contribution in [3.8, 4) is 0 Å². The number of anilines is 1. The van der Waals surface area contributed by atoms with Crippen molar-refractivity contribution >= 4 is 34.9 Å². The molecule has 3 nitrogen and oxygen atoms in total. The summed E-state index contributed by atoms with van der Waals surface area (Å²) in [5.41, 5.74) is 2.88. The van der Waals surface area contributed by atoms with E-state index in [1.807, 2.05) is 0 Å². The Bertz CT molecular complexity index is 808. The molecule has 1 aliphatic rings. The van der Waals surface area contributed by atoms with Crippen molar-refractivity contribution in [2.75, 3.05) is 11.2 Å². The second-order valence-corrected chi connectivity index (χ2v) is 6.51. The molecule has 0 unspecified atom stereocenters. The van der Waals surface area contributed by atoms with Crippen LogP contribution < -0.4 is 5.43 Å². The lowest BCUT2D eigenvalue weighted by Gasteiger charge is -2.17. The van der Waals surface area contributed by atoms with E-state index in [0.717, 1.165) is 16.7 Å². The van der Waals surface area contributed by atoms with Crippen LogP contribution in [0.25, 0.3) is 0 Å². The van der Waals surface area contributed by atoms with Crippen molar-refractivity contribution in [2.45, 2.75) is 17.5 Å². The van der Waals surface area contributed by atoms with Crippen LogP contribution in [0.4, 0.5) is 23.4 Å². The molecule has 24 heavy (non-hydrogen) atoms. The van der Waals surface area contributed by atoms with Crippen molar-refractivity contribution in [3.05, 3.63) is 52.4 Å². The summed E-state index contributed by atoms with van der Waals surface area (Å²) >= 11 is 7.41. The molecule has 126 valence electrons. The van der Waals surface area contributed by atoms with Gasteiger partial charge < -0.3 is 0 Å². The minimum absolute atomic E-state index is 0.00773. The molecular weight excluding hydrogens is 366 g/mol. The number of fused-ring (bicyclic) bond motifs is 1. The van der Waals surface area contributed by atoms with Crippen LogP contribution in [-0.2, 0) is 6.18 Å². The highest BCUT2D eigenvalue weighted by Gasteiger charge is 2.31. The summed E-state index contributed by atoms with van der Waals surface area (Å²) in [5, 5.41) is 3.95. The third kappa shape index (κ3) is 3.64. The van der Waals surface area contributed by atoms with Crippen LogP contribution in [-0.4, -0.2) is 16.4 Å². The van der Waals surface area contributed by atoms with Gasteiger partial charge in [0.15, 0.2) is 5.82 Å². The van der Waals surface area contributed by atoms with Gasteiger partial charge in [-0.2, -0.15) is 18.3 Å². The lowest BCUT2D eigenvalue weighted by molar-refractivity contribution is -0.137. The zero-order valence-corrected chi connectivity index (χ0v) is 13.6. The number of thioether (sulfide) groups is 1. The number of alkyl halides is 3. The van der Waals surface area contributed by atoms with Crippen molar-refractivity contribution in [1.29, 1.82) is 0 Å². The molecule has 1 aliphatic heterocycles. The molecule has 9 heteroatoms. The molecule has 0 fully saturated rings. The van der Waals surface area contributed by atoms with Crippen molar-refractivity contribution in [2.24, 2.45) is 5.10 Å². The molecule has 0 bridgehead atoms. The van der Waals surface area contributed by atoms with Gasteiger partial charge in [-0.05, 0) is 24.3 Å². The summed E-state index contributed by atoms with van der Waals surface area (Å²) in [6.07, 6.45) is -3.25. The molecule has 0 amide bonds. The smallest absolute Gasteiger partial charge is 0.260 e. The molecule has 0 saturated heterocycles. The minimum atomic E-state index is -4.52. The maximum atomic E-state index is 13.4. The molecule has 2 aromatic rings. The molecule has 2 heterocycles. The van der Waals surface area contributed by atoms with Crippen molar-refractivity contribution in [1.82, 2.24) is 4.98 Å². The number of pyridine rings is 1. The summed E-state index contributed by atoms with van der Waals surface area (Å²) in [4.78, 5) is 4.55. The van der Waals surface area contributed by atoms with E-state index in [-0.39, 0.29) is 16.7 Å². The Balaban J connectivity index is 1.86. The van der Waals surface area contributed by atoms with Crippen LogP contribution in [0, 0.1) is 5.82 Å². The highest BCUT2D eigenvalue weighted by Crippen LogP contribution is 2.33. The highest BCUT2D eigenvalue weighted by atomic mass is 35.5. The standard InChI is InChI=1S/C15H10ClF4N3S/c16-11-5-8(15(18,19)20)7-21-14(11)23-22-12-3-4-24-13-2-1-9(17)6-10(12)13/h1-2,5-7H,3-4H2,(H,21,23)/b22-12+. The molecule has 0 spiro atoms. The van der Waals surface area contributed by atoms with E-state index in [1.54, 1.807) is 17.8 Å². The van der Waals surface area contributed by atoms with E-state index in [2.05, 4.69) is 15.5 Å². The van der Waals surface area contributed by atoms with Crippen LogP contribution in [0.1, 0.15) is 17.5 Å². The number of nitrogens with zero attached hydrogens (tertiary/aromatic N) is 2. The fourth-order valence-corrected chi connectivity index (χ4v) is 3.38. The fraction of sp³-hybridized carbons (Fsp3) is 0.200. The van der Waals surface area contributed by atoms with Gasteiger partial charge in [0, 0.05) is 28.8 Å². The van der Waals surface area contributed by atoms with Crippen LogP contribution >= 0.6 is 23.4 Å². The predicted molar refractivity (Wildman–Crippen MR) is 86.1 cm³/mol. The number of hydrogen-bond donors (Lipinski definition) is 1. The van der Waals surface area contributed by atoms with Gasteiger partial charge in [-0.3, -0.25) is 5.43 Å². The van der Waals surface area contributed by atoms with Gasteiger partial charge in [0.05, 0.1) is 16.3 Å². The number of hydrazone groups is 1.